The van der Waals surface area contributed by atoms with E-state index in [2.05, 4.69) is 14.9 Å². The molecule has 108 valence electrons. The van der Waals surface area contributed by atoms with Gasteiger partial charge in [0.2, 0.25) is 0 Å². The molecule has 0 radical (unpaired) electrons. The SMILES string of the molecule is Cc1ccc(-c2ncc(-c3ccc(N4CCCC4)o3)[nH]2)o1. The van der Waals surface area contributed by atoms with E-state index in [4.69, 9.17) is 8.83 Å². The predicted molar refractivity (Wildman–Crippen MR) is 80.2 cm³/mol. The van der Waals surface area contributed by atoms with Crippen LogP contribution >= 0.6 is 0 Å². The molecule has 4 heterocycles. The van der Waals surface area contributed by atoms with Gasteiger partial charge in [0.1, 0.15) is 11.5 Å². The first-order valence-electron chi connectivity index (χ1n) is 7.26. The third-order valence-corrected chi connectivity index (χ3v) is 3.82. The first-order valence-corrected chi connectivity index (χ1v) is 7.26. The number of aromatic nitrogens is 2. The van der Waals surface area contributed by atoms with Crippen LogP contribution in [-0.2, 0) is 0 Å². The fourth-order valence-corrected chi connectivity index (χ4v) is 2.71. The molecule has 0 atom stereocenters. The molecule has 0 aliphatic carbocycles. The number of rotatable bonds is 3. The van der Waals surface area contributed by atoms with Crippen LogP contribution in [0.4, 0.5) is 5.88 Å². The normalized spacial score (nSPS) is 15.0. The van der Waals surface area contributed by atoms with Gasteiger partial charge >= 0.3 is 0 Å². The molecule has 1 saturated heterocycles. The van der Waals surface area contributed by atoms with Crippen LogP contribution in [0.25, 0.3) is 23.0 Å². The fraction of sp³-hybridized carbons (Fsp3) is 0.312. The summed E-state index contributed by atoms with van der Waals surface area (Å²) in [6.45, 7) is 4.07. The number of imidazole rings is 1. The summed E-state index contributed by atoms with van der Waals surface area (Å²) >= 11 is 0. The van der Waals surface area contributed by atoms with Crippen molar-refractivity contribution in [1.29, 1.82) is 0 Å². The maximum atomic E-state index is 5.93. The Hall–Kier alpha value is -2.43. The fourth-order valence-electron chi connectivity index (χ4n) is 2.71. The monoisotopic (exact) mass is 283 g/mol. The van der Waals surface area contributed by atoms with E-state index in [9.17, 15) is 0 Å². The van der Waals surface area contributed by atoms with Crippen LogP contribution < -0.4 is 4.90 Å². The minimum absolute atomic E-state index is 0.720. The van der Waals surface area contributed by atoms with Gasteiger partial charge in [-0.2, -0.15) is 0 Å². The molecule has 0 amide bonds. The number of hydrogen-bond acceptors (Lipinski definition) is 4. The second kappa shape index (κ2) is 4.84. The van der Waals surface area contributed by atoms with E-state index in [1.54, 1.807) is 6.20 Å². The molecule has 1 fully saturated rings. The molecule has 21 heavy (non-hydrogen) atoms. The Kier molecular flexibility index (Phi) is 2.84. The van der Waals surface area contributed by atoms with Crippen molar-refractivity contribution in [2.45, 2.75) is 19.8 Å². The Labute approximate surface area is 122 Å². The highest BCUT2D eigenvalue weighted by Gasteiger charge is 2.17. The number of hydrogen-bond donors (Lipinski definition) is 1. The van der Waals surface area contributed by atoms with E-state index < -0.39 is 0 Å². The van der Waals surface area contributed by atoms with Gasteiger partial charge in [0, 0.05) is 19.2 Å². The van der Waals surface area contributed by atoms with E-state index in [0.717, 1.165) is 47.8 Å². The Morgan fingerprint density at radius 1 is 1.05 bits per heavy atom. The Balaban J connectivity index is 1.60. The highest BCUT2D eigenvalue weighted by molar-refractivity contribution is 5.60. The maximum Gasteiger partial charge on any atom is 0.196 e. The van der Waals surface area contributed by atoms with Gasteiger partial charge in [0.05, 0.1) is 6.20 Å². The number of nitrogens with one attached hydrogen (secondary N) is 1. The average Bonchev–Trinajstić information content (AvgIpc) is 3.25. The molecule has 0 unspecified atom stereocenters. The summed E-state index contributed by atoms with van der Waals surface area (Å²) in [4.78, 5) is 9.88. The lowest BCUT2D eigenvalue weighted by Crippen LogP contribution is -2.16. The van der Waals surface area contributed by atoms with Crippen LogP contribution in [0.15, 0.2) is 39.3 Å². The van der Waals surface area contributed by atoms with Crippen LogP contribution in [0.1, 0.15) is 18.6 Å². The lowest BCUT2D eigenvalue weighted by Gasteiger charge is -2.12. The van der Waals surface area contributed by atoms with Crippen molar-refractivity contribution >= 4 is 5.88 Å². The second-order valence-corrected chi connectivity index (χ2v) is 5.39. The predicted octanol–water partition coefficient (Wildman–Crippen LogP) is 3.84. The standard InChI is InChI=1S/C16H17N3O2/c1-11-4-5-14(20-11)16-17-10-12(18-16)13-6-7-15(21-13)19-8-2-3-9-19/h4-7,10H,2-3,8-9H2,1H3,(H,17,18). The molecule has 0 spiro atoms. The van der Waals surface area contributed by atoms with Crippen molar-refractivity contribution in [3.8, 4) is 23.0 Å². The molecule has 0 saturated carbocycles. The summed E-state index contributed by atoms with van der Waals surface area (Å²) in [6, 6.07) is 7.85. The molecule has 0 bridgehead atoms. The number of nitrogens with zero attached hydrogens (tertiary/aromatic N) is 2. The zero-order valence-corrected chi connectivity index (χ0v) is 11.9. The van der Waals surface area contributed by atoms with Crippen LogP contribution in [-0.4, -0.2) is 23.1 Å². The Morgan fingerprint density at radius 3 is 2.62 bits per heavy atom. The van der Waals surface area contributed by atoms with Crippen molar-refractivity contribution < 1.29 is 8.83 Å². The van der Waals surface area contributed by atoms with E-state index in [1.165, 1.54) is 12.8 Å². The summed E-state index contributed by atoms with van der Waals surface area (Å²) in [5, 5.41) is 0. The topological polar surface area (TPSA) is 58.2 Å². The Bertz CT molecular complexity index is 747. The van der Waals surface area contributed by atoms with Crippen LogP contribution in [0.5, 0.6) is 0 Å². The van der Waals surface area contributed by atoms with E-state index in [-0.39, 0.29) is 0 Å². The summed E-state index contributed by atoms with van der Waals surface area (Å²) in [5.74, 6) is 4.07. The maximum absolute atomic E-state index is 5.93. The number of aryl methyl sites for hydroxylation is 1. The molecule has 1 aliphatic rings. The average molecular weight is 283 g/mol. The number of H-pyrrole nitrogens is 1. The Morgan fingerprint density at radius 2 is 1.86 bits per heavy atom. The number of furan rings is 2. The van der Waals surface area contributed by atoms with E-state index >= 15 is 0 Å². The molecule has 5 heteroatoms. The smallest absolute Gasteiger partial charge is 0.196 e. The van der Waals surface area contributed by atoms with E-state index in [0.29, 0.717) is 0 Å². The van der Waals surface area contributed by atoms with Crippen LogP contribution in [0.2, 0.25) is 0 Å². The number of anilines is 1. The molecular formula is C16H17N3O2. The summed E-state index contributed by atoms with van der Waals surface area (Å²) in [7, 11) is 0. The second-order valence-electron chi connectivity index (χ2n) is 5.39. The van der Waals surface area contributed by atoms with Gasteiger partial charge < -0.3 is 18.7 Å². The first-order chi connectivity index (χ1) is 10.3. The summed E-state index contributed by atoms with van der Waals surface area (Å²) in [6.07, 6.45) is 4.25. The van der Waals surface area contributed by atoms with Crippen molar-refractivity contribution in [2.75, 3.05) is 18.0 Å². The quantitative estimate of drug-likeness (QED) is 0.793. The third-order valence-electron chi connectivity index (χ3n) is 3.82. The first kappa shape index (κ1) is 12.3. The van der Waals surface area contributed by atoms with Crippen molar-refractivity contribution in [3.05, 3.63) is 36.2 Å². The van der Waals surface area contributed by atoms with Gasteiger partial charge in [-0.15, -0.1) is 0 Å². The van der Waals surface area contributed by atoms with Crippen LogP contribution in [0.3, 0.4) is 0 Å². The highest BCUT2D eigenvalue weighted by atomic mass is 16.4. The zero-order chi connectivity index (χ0) is 14.2. The lowest BCUT2D eigenvalue weighted by atomic mass is 10.3. The van der Waals surface area contributed by atoms with Crippen molar-refractivity contribution in [1.82, 2.24) is 9.97 Å². The van der Waals surface area contributed by atoms with E-state index in [1.807, 2.05) is 31.2 Å². The molecule has 0 aromatic carbocycles. The lowest BCUT2D eigenvalue weighted by molar-refractivity contribution is 0.544. The summed E-state index contributed by atoms with van der Waals surface area (Å²) in [5.41, 5.74) is 0.865. The minimum atomic E-state index is 0.720. The highest BCUT2D eigenvalue weighted by Crippen LogP contribution is 2.29. The van der Waals surface area contributed by atoms with Gasteiger partial charge in [-0.1, -0.05) is 0 Å². The van der Waals surface area contributed by atoms with Gasteiger partial charge in [0.25, 0.3) is 0 Å². The van der Waals surface area contributed by atoms with Crippen molar-refractivity contribution in [3.63, 3.8) is 0 Å². The summed E-state index contributed by atoms with van der Waals surface area (Å²) < 4.78 is 11.5. The molecule has 3 aromatic heterocycles. The largest absolute Gasteiger partial charge is 0.458 e. The molecule has 3 aromatic rings. The van der Waals surface area contributed by atoms with Crippen molar-refractivity contribution in [2.24, 2.45) is 0 Å². The molecular weight excluding hydrogens is 266 g/mol. The molecule has 4 rings (SSSR count). The van der Waals surface area contributed by atoms with Gasteiger partial charge in [-0.3, -0.25) is 0 Å². The number of aromatic amines is 1. The van der Waals surface area contributed by atoms with Crippen LogP contribution in [0, 0.1) is 6.92 Å². The van der Waals surface area contributed by atoms with Gasteiger partial charge in [0.15, 0.2) is 23.2 Å². The molecule has 1 aliphatic heterocycles. The molecule has 1 N–H and O–H groups in total. The minimum Gasteiger partial charge on any atom is -0.458 e. The molecule has 5 nitrogen and oxygen atoms in total. The zero-order valence-electron chi connectivity index (χ0n) is 11.9. The third kappa shape index (κ3) is 2.24. The van der Waals surface area contributed by atoms with Gasteiger partial charge in [-0.05, 0) is 38.0 Å². The van der Waals surface area contributed by atoms with Gasteiger partial charge in [-0.25, -0.2) is 4.98 Å².